The summed E-state index contributed by atoms with van der Waals surface area (Å²) in [6.07, 6.45) is 1.23. The molecule has 0 radical (unpaired) electrons. The second-order valence-electron chi connectivity index (χ2n) is 8.48. The average Bonchev–Trinajstić information content (AvgIpc) is 2.87. The normalized spacial score (nSPS) is 18.5. The standard InChI is InChI=1S/C29H29NO2/c1-31-27-13-11-23(12-14-27)25-7-4-8-26(18-25)28-15-16-30-19-29(28)32-20-21-9-10-22-5-2-3-6-24(22)17-21/h2-14,17-18,28-30H,15-16,19-20H2,1H3/t28-,29+/m1/s1. The number of fused-ring (bicyclic) bond motifs is 1. The molecule has 1 heterocycles. The number of methoxy groups -OCH3 is 1. The van der Waals surface area contributed by atoms with Crippen LogP contribution in [0.25, 0.3) is 21.9 Å². The predicted molar refractivity (Wildman–Crippen MR) is 131 cm³/mol. The summed E-state index contributed by atoms with van der Waals surface area (Å²) in [5.41, 5.74) is 5.01. The molecule has 0 unspecified atom stereocenters. The van der Waals surface area contributed by atoms with Gasteiger partial charge in [0.1, 0.15) is 5.75 Å². The molecule has 1 saturated heterocycles. The number of ether oxygens (including phenoxy) is 2. The Balaban J connectivity index is 1.33. The average molecular weight is 424 g/mol. The monoisotopic (exact) mass is 423 g/mol. The van der Waals surface area contributed by atoms with Gasteiger partial charge in [0.05, 0.1) is 19.8 Å². The predicted octanol–water partition coefficient (Wildman–Crippen LogP) is 6.18. The zero-order chi connectivity index (χ0) is 21.8. The first-order valence-electron chi connectivity index (χ1n) is 11.3. The lowest BCUT2D eigenvalue weighted by Crippen LogP contribution is -2.41. The maximum absolute atomic E-state index is 6.48. The van der Waals surface area contributed by atoms with Gasteiger partial charge in [-0.3, -0.25) is 0 Å². The van der Waals surface area contributed by atoms with Gasteiger partial charge in [-0.2, -0.15) is 0 Å². The Morgan fingerprint density at radius 3 is 2.50 bits per heavy atom. The largest absolute Gasteiger partial charge is 0.497 e. The minimum atomic E-state index is 0.154. The Kier molecular flexibility index (Phi) is 6.20. The molecular weight excluding hydrogens is 394 g/mol. The fraction of sp³-hybridized carbons (Fsp3) is 0.241. The zero-order valence-corrected chi connectivity index (χ0v) is 18.5. The first kappa shape index (κ1) is 20.7. The summed E-state index contributed by atoms with van der Waals surface area (Å²) in [4.78, 5) is 0. The number of nitrogens with one attached hydrogen (secondary N) is 1. The third-order valence-electron chi connectivity index (χ3n) is 6.44. The summed E-state index contributed by atoms with van der Waals surface area (Å²) in [5, 5.41) is 6.05. The van der Waals surface area contributed by atoms with Crippen LogP contribution in [-0.2, 0) is 11.3 Å². The van der Waals surface area contributed by atoms with Crippen molar-refractivity contribution in [1.29, 1.82) is 0 Å². The fourth-order valence-corrected chi connectivity index (χ4v) is 4.65. The van der Waals surface area contributed by atoms with Gasteiger partial charge >= 0.3 is 0 Å². The Hall–Kier alpha value is -3.14. The van der Waals surface area contributed by atoms with E-state index in [1.807, 2.05) is 12.1 Å². The summed E-state index contributed by atoms with van der Waals surface area (Å²) >= 11 is 0. The summed E-state index contributed by atoms with van der Waals surface area (Å²) in [7, 11) is 1.70. The Morgan fingerprint density at radius 1 is 0.812 bits per heavy atom. The van der Waals surface area contributed by atoms with Crippen molar-refractivity contribution >= 4 is 10.8 Å². The molecule has 0 aliphatic carbocycles. The van der Waals surface area contributed by atoms with Gasteiger partial charge < -0.3 is 14.8 Å². The molecule has 162 valence electrons. The van der Waals surface area contributed by atoms with Crippen LogP contribution in [0.5, 0.6) is 5.75 Å². The molecule has 1 N–H and O–H groups in total. The minimum absolute atomic E-state index is 0.154. The van der Waals surface area contributed by atoms with Crippen LogP contribution in [0.4, 0.5) is 0 Å². The van der Waals surface area contributed by atoms with Gasteiger partial charge in [0.25, 0.3) is 0 Å². The second kappa shape index (κ2) is 9.56. The topological polar surface area (TPSA) is 30.5 Å². The van der Waals surface area contributed by atoms with Crippen molar-refractivity contribution < 1.29 is 9.47 Å². The van der Waals surface area contributed by atoms with E-state index in [0.717, 1.165) is 25.3 Å². The molecule has 0 spiro atoms. The highest BCUT2D eigenvalue weighted by atomic mass is 16.5. The molecule has 3 nitrogen and oxygen atoms in total. The highest BCUT2D eigenvalue weighted by Crippen LogP contribution is 2.32. The molecule has 2 atom stereocenters. The van der Waals surface area contributed by atoms with E-state index in [1.165, 1.54) is 33.0 Å². The van der Waals surface area contributed by atoms with Crippen LogP contribution in [-0.4, -0.2) is 26.3 Å². The number of piperidine rings is 1. The van der Waals surface area contributed by atoms with E-state index in [2.05, 4.69) is 84.2 Å². The third-order valence-corrected chi connectivity index (χ3v) is 6.44. The minimum Gasteiger partial charge on any atom is -0.497 e. The van der Waals surface area contributed by atoms with Crippen molar-refractivity contribution in [3.63, 3.8) is 0 Å². The molecule has 4 aromatic rings. The lowest BCUT2D eigenvalue weighted by atomic mass is 9.86. The van der Waals surface area contributed by atoms with Gasteiger partial charge in [-0.1, -0.05) is 72.8 Å². The molecule has 0 saturated carbocycles. The summed E-state index contributed by atoms with van der Waals surface area (Å²) in [5.74, 6) is 1.26. The van der Waals surface area contributed by atoms with Gasteiger partial charge in [0.15, 0.2) is 0 Å². The maximum atomic E-state index is 6.48. The molecule has 0 bridgehead atoms. The first-order chi connectivity index (χ1) is 15.8. The van der Waals surface area contributed by atoms with E-state index in [0.29, 0.717) is 12.5 Å². The van der Waals surface area contributed by atoms with E-state index >= 15 is 0 Å². The number of rotatable bonds is 6. The molecule has 4 aromatic carbocycles. The summed E-state index contributed by atoms with van der Waals surface area (Å²) in [6.45, 7) is 2.53. The maximum Gasteiger partial charge on any atom is 0.118 e. The van der Waals surface area contributed by atoms with E-state index in [4.69, 9.17) is 9.47 Å². The molecule has 5 rings (SSSR count). The van der Waals surface area contributed by atoms with Crippen molar-refractivity contribution in [1.82, 2.24) is 5.32 Å². The van der Waals surface area contributed by atoms with Gasteiger partial charge in [0.2, 0.25) is 0 Å². The molecular formula is C29H29NO2. The molecule has 3 heteroatoms. The highest BCUT2D eigenvalue weighted by molar-refractivity contribution is 5.82. The van der Waals surface area contributed by atoms with Crippen LogP contribution in [0, 0.1) is 0 Å². The van der Waals surface area contributed by atoms with Crippen LogP contribution in [0.15, 0.2) is 91.0 Å². The first-order valence-corrected chi connectivity index (χ1v) is 11.3. The molecule has 0 aromatic heterocycles. The van der Waals surface area contributed by atoms with Crippen molar-refractivity contribution in [2.75, 3.05) is 20.2 Å². The van der Waals surface area contributed by atoms with Crippen molar-refractivity contribution in [2.24, 2.45) is 0 Å². The van der Waals surface area contributed by atoms with Crippen LogP contribution >= 0.6 is 0 Å². The van der Waals surface area contributed by atoms with Crippen molar-refractivity contribution in [3.05, 3.63) is 102 Å². The fourth-order valence-electron chi connectivity index (χ4n) is 4.65. The smallest absolute Gasteiger partial charge is 0.118 e. The number of hydrogen-bond donors (Lipinski definition) is 1. The lowest BCUT2D eigenvalue weighted by molar-refractivity contribution is 0.0107. The molecule has 1 aliphatic heterocycles. The molecule has 32 heavy (non-hydrogen) atoms. The van der Waals surface area contributed by atoms with E-state index < -0.39 is 0 Å². The lowest BCUT2D eigenvalue weighted by Gasteiger charge is -2.33. The van der Waals surface area contributed by atoms with Crippen LogP contribution in [0.3, 0.4) is 0 Å². The third kappa shape index (κ3) is 4.55. The van der Waals surface area contributed by atoms with Gasteiger partial charge in [-0.05, 0) is 64.2 Å². The summed E-state index contributed by atoms with van der Waals surface area (Å²) < 4.78 is 11.8. The zero-order valence-electron chi connectivity index (χ0n) is 18.5. The molecule has 0 amide bonds. The Labute approximate surface area is 190 Å². The van der Waals surface area contributed by atoms with Gasteiger partial charge in [-0.15, -0.1) is 0 Å². The van der Waals surface area contributed by atoms with E-state index in [1.54, 1.807) is 7.11 Å². The van der Waals surface area contributed by atoms with E-state index in [9.17, 15) is 0 Å². The Bertz CT molecular complexity index is 1190. The van der Waals surface area contributed by atoms with E-state index in [-0.39, 0.29) is 6.10 Å². The van der Waals surface area contributed by atoms with Gasteiger partial charge in [0, 0.05) is 12.5 Å². The van der Waals surface area contributed by atoms with Crippen molar-refractivity contribution in [3.8, 4) is 16.9 Å². The molecule has 1 fully saturated rings. The van der Waals surface area contributed by atoms with Gasteiger partial charge in [-0.25, -0.2) is 0 Å². The van der Waals surface area contributed by atoms with Crippen LogP contribution < -0.4 is 10.1 Å². The summed E-state index contributed by atoms with van der Waals surface area (Å²) in [6, 6.07) is 32.3. The SMILES string of the molecule is COc1ccc(-c2cccc([C@H]3CCNC[C@@H]3OCc3ccc4ccccc4c3)c2)cc1. The van der Waals surface area contributed by atoms with Crippen LogP contribution in [0.1, 0.15) is 23.5 Å². The quantitative estimate of drug-likeness (QED) is 0.402. The highest BCUT2D eigenvalue weighted by Gasteiger charge is 2.27. The number of benzene rings is 4. The second-order valence-corrected chi connectivity index (χ2v) is 8.48. The Morgan fingerprint density at radius 2 is 1.66 bits per heavy atom. The molecule has 1 aliphatic rings. The van der Waals surface area contributed by atoms with Crippen LogP contribution in [0.2, 0.25) is 0 Å². The van der Waals surface area contributed by atoms with Crippen molar-refractivity contribution in [2.45, 2.75) is 25.0 Å². The number of hydrogen-bond acceptors (Lipinski definition) is 3.